The number of benzene rings is 1. The SMILES string of the molecule is CC(C)OCCN1CCNCC1c1ccccc1Cl. The van der Waals surface area contributed by atoms with Gasteiger partial charge in [-0.15, -0.1) is 0 Å². The Kier molecular flexibility index (Phi) is 5.64. The van der Waals surface area contributed by atoms with Gasteiger partial charge in [0.2, 0.25) is 0 Å². The van der Waals surface area contributed by atoms with E-state index < -0.39 is 0 Å². The molecule has 106 valence electrons. The summed E-state index contributed by atoms with van der Waals surface area (Å²) < 4.78 is 5.66. The lowest BCUT2D eigenvalue weighted by molar-refractivity contribution is 0.0430. The normalized spacial score (nSPS) is 20.9. The minimum absolute atomic E-state index is 0.293. The van der Waals surface area contributed by atoms with Gasteiger partial charge >= 0.3 is 0 Å². The van der Waals surface area contributed by atoms with E-state index in [1.807, 2.05) is 12.1 Å². The first-order valence-electron chi connectivity index (χ1n) is 6.99. The number of hydrogen-bond acceptors (Lipinski definition) is 3. The van der Waals surface area contributed by atoms with Gasteiger partial charge in [-0.1, -0.05) is 29.8 Å². The molecule has 3 nitrogen and oxygen atoms in total. The fourth-order valence-corrected chi connectivity index (χ4v) is 2.73. The van der Waals surface area contributed by atoms with Crippen molar-refractivity contribution >= 4 is 11.6 Å². The van der Waals surface area contributed by atoms with E-state index in [0.717, 1.165) is 37.8 Å². The van der Waals surface area contributed by atoms with Crippen LogP contribution in [0.4, 0.5) is 0 Å². The van der Waals surface area contributed by atoms with Gasteiger partial charge in [0.1, 0.15) is 0 Å². The number of rotatable bonds is 5. The van der Waals surface area contributed by atoms with Gasteiger partial charge in [-0.25, -0.2) is 0 Å². The zero-order valence-electron chi connectivity index (χ0n) is 11.7. The summed E-state index contributed by atoms with van der Waals surface area (Å²) >= 11 is 6.32. The Balaban J connectivity index is 2.02. The van der Waals surface area contributed by atoms with Gasteiger partial charge in [0.05, 0.1) is 12.7 Å². The minimum Gasteiger partial charge on any atom is -0.377 e. The van der Waals surface area contributed by atoms with Crippen molar-refractivity contribution in [2.24, 2.45) is 0 Å². The first-order valence-corrected chi connectivity index (χ1v) is 7.37. The van der Waals surface area contributed by atoms with E-state index in [1.165, 1.54) is 5.56 Å². The maximum absolute atomic E-state index is 6.32. The third-order valence-corrected chi connectivity index (χ3v) is 3.79. The standard InChI is InChI=1S/C15H23ClN2O/c1-12(2)19-10-9-18-8-7-17-11-15(18)13-5-3-4-6-14(13)16/h3-6,12,15,17H,7-11H2,1-2H3. The fraction of sp³-hybridized carbons (Fsp3) is 0.600. The molecule has 1 aromatic carbocycles. The lowest BCUT2D eigenvalue weighted by Crippen LogP contribution is -2.47. The predicted molar refractivity (Wildman–Crippen MR) is 79.7 cm³/mol. The molecule has 0 aliphatic carbocycles. The fourth-order valence-electron chi connectivity index (χ4n) is 2.47. The number of halogens is 1. The highest BCUT2D eigenvalue weighted by Gasteiger charge is 2.24. The summed E-state index contributed by atoms with van der Waals surface area (Å²) in [5.41, 5.74) is 1.21. The summed E-state index contributed by atoms with van der Waals surface area (Å²) in [5, 5.41) is 4.30. The Hall–Kier alpha value is -0.610. The summed E-state index contributed by atoms with van der Waals surface area (Å²) in [7, 11) is 0. The van der Waals surface area contributed by atoms with Crippen LogP contribution in [0.15, 0.2) is 24.3 Å². The van der Waals surface area contributed by atoms with Crippen LogP contribution in [0.5, 0.6) is 0 Å². The molecule has 0 saturated carbocycles. The first-order chi connectivity index (χ1) is 9.18. The Morgan fingerprint density at radius 2 is 2.21 bits per heavy atom. The van der Waals surface area contributed by atoms with Gasteiger partial charge in [-0.2, -0.15) is 0 Å². The second kappa shape index (κ2) is 7.25. The monoisotopic (exact) mass is 282 g/mol. The minimum atomic E-state index is 0.293. The van der Waals surface area contributed by atoms with Crippen LogP contribution < -0.4 is 5.32 Å². The third-order valence-electron chi connectivity index (χ3n) is 3.45. The highest BCUT2D eigenvalue weighted by Crippen LogP contribution is 2.28. The molecular formula is C15H23ClN2O. The molecule has 19 heavy (non-hydrogen) atoms. The van der Waals surface area contributed by atoms with Crippen LogP contribution in [0.25, 0.3) is 0 Å². The lowest BCUT2D eigenvalue weighted by Gasteiger charge is -2.37. The molecule has 1 aliphatic rings. The van der Waals surface area contributed by atoms with Crippen LogP contribution >= 0.6 is 11.6 Å². The van der Waals surface area contributed by atoms with Crippen molar-refractivity contribution in [3.8, 4) is 0 Å². The van der Waals surface area contributed by atoms with Crippen LogP contribution in [0, 0.1) is 0 Å². The van der Waals surface area contributed by atoms with Crippen molar-refractivity contribution < 1.29 is 4.74 Å². The molecule has 0 spiro atoms. The first kappa shape index (κ1) is 14.8. The van der Waals surface area contributed by atoms with Gasteiger partial charge in [0.25, 0.3) is 0 Å². The molecule has 2 rings (SSSR count). The van der Waals surface area contributed by atoms with Crippen molar-refractivity contribution in [3.63, 3.8) is 0 Å². The quantitative estimate of drug-likeness (QED) is 0.899. The van der Waals surface area contributed by atoms with Crippen LogP contribution in [-0.4, -0.2) is 43.8 Å². The molecule has 0 radical (unpaired) electrons. The smallest absolute Gasteiger partial charge is 0.0597 e. The molecule has 1 aliphatic heterocycles. The topological polar surface area (TPSA) is 24.5 Å². The van der Waals surface area contributed by atoms with Gasteiger partial charge in [0.15, 0.2) is 0 Å². The molecule has 1 unspecified atom stereocenters. The Morgan fingerprint density at radius 1 is 1.42 bits per heavy atom. The summed E-state index contributed by atoms with van der Waals surface area (Å²) in [6.07, 6.45) is 0.293. The molecule has 0 bridgehead atoms. The molecular weight excluding hydrogens is 260 g/mol. The van der Waals surface area contributed by atoms with Gasteiger partial charge < -0.3 is 10.1 Å². The van der Waals surface area contributed by atoms with Crippen LogP contribution in [0.1, 0.15) is 25.5 Å². The van der Waals surface area contributed by atoms with Crippen molar-refractivity contribution in [2.75, 3.05) is 32.8 Å². The van der Waals surface area contributed by atoms with Gasteiger partial charge in [0, 0.05) is 37.2 Å². The maximum Gasteiger partial charge on any atom is 0.0597 e. The zero-order valence-corrected chi connectivity index (χ0v) is 12.5. The largest absolute Gasteiger partial charge is 0.377 e. The Morgan fingerprint density at radius 3 is 2.95 bits per heavy atom. The second-order valence-electron chi connectivity index (χ2n) is 5.20. The molecule has 4 heteroatoms. The van der Waals surface area contributed by atoms with E-state index in [2.05, 4.69) is 36.2 Å². The predicted octanol–water partition coefficient (Wildman–Crippen LogP) is 2.71. The van der Waals surface area contributed by atoms with Gasteiger partial charge in [-0.3, -0.25) is 4.90 Å². The van der Waals surface area contributed by atoms with Crippen molar-refractivity contribution in [3.05, 3.63) is 34.9 Å². The maximum atomic E-state index is 6.32. The highest BCUT2D eigenvalue weighted by molar-refractivity contribution is 6.31. The van der Waals surface area contributed by atoms with E-state index in [4.69, 9.17) is 16.3 Å². The second-order valence-corrected chi connectivity index (χ2v) is 5.60. The van der Waals surface area contributed by atoms with Crippen molar-refractivity contribution in [1.29, 1.82) is 0 Å². The molecule has 0 amide bonds. The summed E-state index contributed by atoms with van der Waals surface area (Å²) in [4.78, 5) is 2.46. The van der Waals surface area contributed by atoms with E-state index in [9.17, 15) is 0 Å². The summed E-state index contributed by atoms with van der Waals surface area (Å²) in [5.74, 6) is 0. The molecule has 1 heterocycles. The van der Waals surface area contributed by atoms with Crippen molar-refractivity contribution in [2.45, 2.75) is 26.0 Å². The Bertz CT molecular complexity index is 397. The van der Waals surface area contributed by atoms with Crippen LogP contribution in [0.2, 0.25) is 5.02 Å². The highest BCUT2D eigenvalue weighted by atomic mass is 35.5. The van der Waals surface area contributed by atoms with E-state index in [1.54, 1.807) is 0 Å². The molecule has 1 N–H and O–H groups in total. The third kappa shape index (κ3) is 4.18. The number of piperazine rings is 1. The number of hydrogen-bond donors (Lipinski definition) is 1. The number of nitrogens with one attached hydrogen (secondary N) is 1. The molecule has 1 aromatic rings. The van der Waals surface area contributed by atoms with Crippen LogP contribution in [-0.2, 0) is 4.74 Å². The van der Waals surface area contributed by atoms with Gasteiger partial charge in [-0.05, 0) is 25.5 Å². The molecule has 0 aromatic heterocycles. The van der Waals surface area contributed by atoms with E-state index >= 15 is 0 Å². The zero-order chi connectivity index (χ0) is 13.7. The van der Waals surface area contributed by atoms with E-state index in [-0.39, 0.29) is 0 Å². The summed E-state index contributed by atoms with van der Waals surface area (Å²) in [6, 6.07) is 8.47. The average Bonchev–Trinajstić information content (AvgIpc) is 2.40. The number of ether oxygens (including phenoxy) is 1. The Labute approximate surface area is 120 Å². The average molecular weight is 283 g/mol. The van der Waals surface area contributed by atoms with Crippen molar-refractivity contribution in [1.82, 2.24) is 10.2 Å². The van der Waals surface area contributed by atoms with E-state index in [0.29, 0.717) is 12.1 Å². The summed E-state index contributed by atoms with van der Waals surface area (Å²) in [6.45, 7) is 8.90. The molecule has 1 fully saturated rings. The molecule has 1 saturated heterocycles. The van der Waals surface area contributed by atoms with Crippen LogP contribution in [0.3, 0.4) is 0 Å². The number of nitrogens with zero attached hydrogens (tertiary/aromatic N) is 1. The lowest BCUT2D eigenvalue weighted by atomic mass is 10.0. The molecule has 1 atom stereocenters.